The van der Waals surface area contributed by atoms with Crippen LogP contribution in [0.25, 0.3) is 11.5 Å². The Hall–Kier alpha value is -2.63. The molecule has 2 aromatic rings. The van der Waals surface area contributed by atoms with E-state index in [-0.39, 0.29) is 18.1 Å². The molecule has 0 aliphatic rings. The van der Waals surface area contributed by atoms with Crippen LogP contribution in [0.5, 0.6) is 0 Å². The first kappa shape index (κ1) is 16.7. The Kier molecular flexibility index (Phi) is 4.83. The van der Waals surface area contributed by atoms with Crippen molar-refractivity contribution in [2.75, 3.05) is 6.54 Å². The third kappa shape index (κ3) is 3.97. The molecule has 0 spiro atoms. The maximum Gasteiger partial charge on any atom is 0.309 e. The van der Waals surface area contributed by atoms with Gasteiger partial charge in [-0.15, -0.1) is 0 Å². The van der Waals surface area contributed by atoms with Crippen molar-refractivity contribution in [1.82, 2.24) is 10.3 Å². The van der Waals surface area contributed by atoms with E-state index in [9.17, 15) is 9.59 Å². The van der Waals surface area contributed by atoms with Crippen LogP contribution in [0, 0.1) is 12.3 Å². The number of hydrogen-bond donors (Lipinski definition) is 2. The lowest BCUT2D eigenvalue weighted by Crippen LogP contribution is -2.32. The number of carbonyl (C=O) groups excluding carboxylic acids is 1. The van der Waals surface area contributed by atoms with Gasteiger partial charge in [0.2, 0.25) is 5.89 Å². The van der Waals surface area contributed by atoms with E-state index in [1.54, 1.807) is 20.8 Å². The number of benzene rings is 1. The third-order valence-corrected chi connectivity index (χ3v) is 3.65. The average molecular weight is 316 g/mol. The van der Waals surface area contributed by atoms with Gasteiger partial charge < -0.3 is 14.8 Å². The lowest BCUT2D eigenvalue weighted by Gasteiger charge is -2.18. The molecule has 1 aromatic heterocycles. The summed E-state index contributed by atoms with van der Waals surface area (Å²) in [5.74, 6) is -0.441. The van der Waals surface area contributed by atoms with Gasteiger partial charge in [0.05, 0.1) is 5.41 Å². The van der Waals surface area contributed by atoms with Gasteiger partial charge in [-0.05, 0) is 39.3 Å². The number of aryl methyl sites for hydroxylation is 1. The summed E-state index contributed by atoms with van der Waals surface area (Å²) in [4.78, 5) is 27.5. The van der Waals surface area contributed by atoms with E-state index in [1.165, 1.54) is 0 Å². The molecule has 0 saturated carbocycles. The number of rotatable bonds is 6. The summed E-state index contributed by atoms with van der Waals surface area (Å²) in [6.45, 7) is 5.17. The highest BCUT2D eigenvalue weighted by Gasteiger charge is 2.27. The Morgan fingerprint density at radius 3 is 2.52 bits per heavy atom. The molecule has 0 aliphatic carbocycles. The first-order valence-electron chi connectivity index (χ1n) is 7.36. The number of amides is 1. The monoisotopic (exact) mass is 316 g/mol. The van der Waals surface area contributed by atoms with Crippen LogP contribution in [0.4, 0.5) is 0 Å². The van der Waals surface area contributed by atoms with Gasteiger partial charge in [0, 0.05) is 12.1 Å². The predicted octanol–water partition coefficient (Wildman–Crippen LogP) is 2.88. The molecule has 1 amide bonds. The fraction of sp³-hybridized carbons (Fsp3) is 0.353. The van der Waals surface area contributed by atoms with Crippen LogP contribution in [-0.4, -0.2) is 28.5 Å². The zero-order chi connectivity index (χ0) is 17.0. The van der Waals surface area contributed by atoms with Gasteiger partial charge in [-0.2, -0.15) is 0 Å². The van der Waals surface area contributed by atoms with Crippen molar-refractivity contribution >= 4 is 11.9 Å². The van der Waals surface area contributed by atoms with Gasteiger partial charge >= 0.3 is 5.97 Å². The van der Waals surface area contributed by atoms with Gasteiger partial charge in [-0.3, -0.25) is 9.59 Å². The Balaban J connectivity index is 2.03. The molecular formula is C17H20N2O4. The maximum absolute atomic E-state index is 12.2. The lowest BCUT2D eigenvalue weighted by molar-refractivity contribution is -0.147. The minimum atomic E-state index is -0.893. The van der Waals surface area contributed by atoms with E-state index in [1.807, 2.05) is 30.3 Å². The Morgan fingerprint density at radius 2 is 1.91 bits per heavy atom. The molecule has 6 heteroatoms. The first-order chi connectivity index (χ1) is 10.8. The highest BCUT2D eigenvalue weighted by Crippen LogP contribution is 2.22. The number of aliphatic carboxylic acids is 1. The second-order valence-electron chi connectivity index (χ2n) is 5.98. The van der Waals surface area contributed by atoms with Crippen molar-refractivity contribution in [2.45, 2.75) is 27.2 Å². The van der Waals surface area contributed by atoms with Crippen LogP contribution in [0.3, 0.4) is 0 Å². The number of oxazole rings is 1. The van der Waals surface area contributed by atoms with E-state index in [2.05, 4.69) is 10.3 Å². The van der Waals surface area contributed by atoms with E-state index < -0.39 is 11.4 Å². The minimum absolute atomic E-state index is 0.219. The van der Waals surface area contributed by atoms with Gasteiger partial charge in [0.15, 0.2) is 5.69 Å². The minimum Gasteiger partial charge on any atom is -0.481 e. The summed E-state index contributed by atoms with van der Waals surface area (Å²) in [6.07, 6.45) is 0.330. The summed E-state index contributed by atoms with van der Waals surface area (Å²) in [7, 11) is 0. The summed E-state index contributed by atoms with van der Waals surface area (Å²) >= 11 is 0. The van der Waals surface area contributed by atoms with Gasteiger partial charge in [0.25, 0.3) is 5.91 Å². The molecule has 0 fully saturated rings. The molecule has 1 aromatic carbocycles. The highest BCUT2D eigenvalue weighted by molar-refractivity contribution is 5.93. The number of carbonyl (C=O) groups is 2. The standard InChI is InChI=1S/C17H20N2O4/c1-11-13(14(20)18-10-9-17(2,3)16(21)22)19-15(23-11)12-7-5-4-6-8-12/h4-8H,9-10H2,1-3H3,(H,18,20)(H,21,22). The molecule has 2 N–H and O–H groups in total. The van der Waals surface area contributed by atoms with Gasteiger partial charge in [-0.25, -0.2) is 4.98 Å². The smallest absolute Gasteiger partial charge is 0.309 e. The Morgan fingerprint density at radius 1 is 1.26 bits per heavy atom. The van der Waals surface area contributed by atoms with E-state index in [0.717, 1.165) is 5.56 Å². The predicted molar refractivity (Wildman–Crippen MR) is 85.0 cm³/mol. The van der Waals surface area contributed by atoms with Gasteiger partial charge in [-0.1, -0.05) is 18.2 Å². The fourth-order valence-electron chi connectivity index (χ4n) is 1.99. The molecule has 1 heterocycles. The van der Waals surface area contributed by atoms with Crippen LogP contribution in [0.2, 0.25) is 0 Å². The highest BCUT2D eigenvalue weighted by atomic mass is 16.4. The summed E-state index contributed by atoms with van der Waals surface area (Å²) in [6, 6.07) is 9.31. The second kappa shape index (κ2) is 6.64. The molecular weight excluding hydrogens is 296 g/mol. The molecule has 0 aliphatic heterocycles. The SMILES string of the molecule is Cc1oc(-c2ccccc2)nc1C(=O)NCCC(C)(C)C(=O)O. The molecule has 122 valence electrons. The van der Waals surface area contributed by atoms with Crippen LogP contribution in [-0.2, 0) is 4.79 Å². The third-order valence-electron chi connectivity index (χ3n) is 3.65. The first-order valence-corrected chi connectivity index (χ1v) is 7.36. The topological polar surface area (TPSA) is 92.4 Å². The lowest BCUT2D eigenvalue weighted by atomic mass is 9.90. The van der Waals surface area contributed by atoms with Crippen molar-refractivity contribution in [3.05, 3.63) is 41.8 Å². The Bertz CT molecular complexity index is 705. The van der Waals surface area contributed by atoms with Gasteiger partial charge in [0.1, 0.15) is 5.76 Å². The van der Waals surface area contributed by atoms with Crippen LogP contribution < -0.4 is 5.32 Å². The van der Waals surface area contributed by atoms with Crippen molar-refractivity contribution in [3.63, 3.8) is 0 Å². The summed E-state index contributed by atoms with van der Waals surface area (Å²) < 4.78 is 5.54. The second-order valence-corrected chi connectivity index (χ2v) is 5.98. The van der Waals surface area contributed by atoms with Crippen molar-refractivity contribution in [2.24, 2.45) is 5.41 Å². The number of nitrogens with zero attached hydrogens (tertiary/aromatic N) is 1. The van der Waals surface area contributed by atoms with E-state index in [0.29, 0.717) is 18.1 Å². The molecule has 0 radical (unpaired) electrons. The zero-order valence-corrected chi connectivity index (χ0v) is 13.4. The normalized spacial score (nSPS) is 11.3. The molecule has 2 rings (SSSR count). The summed E-state index contributed by atoms with van der Waals surface area (Å²) in [5, 5.41) is 11.7. The average Bonchev–Trinajstić information content (AvgIpc) is 2.90. The van der Waals surface area contributed by atoms with Crippen molar-refractivity contribution < 1.29 is 19.1 Å². The van der Waals surface area contributed by atoms with E-state index >= 15 is 0 Å². The quantitative estimate of drug-likeness (QED) is 0.855. The largest absolute Gasteiger partial charge is 0.481 e. The van der Waals surface area contributed by atoms with Crippen LogP contribution in [0.1, 0.15) is 36.5 Å². The van der Waals surface area contributed by atoms with Crippen LogP contribution in [0.15, 0.2) is 34.7 Å². The van der Waals surface area contributed by atoms with E-state index in [4.69, 9.17) is 9.52 Å². The summed E-state index contributed by atoms with van der Waals surface area (Å²) in [5.41, 5.74) is 0.125. The molecule has 0 unspecified atom stereocenters. The van der Waals surface area contributed by atoms with Crippen molar-refractivity contribution in [3.8, 4) is 11.5 Å². The molecule has 0 atom stereocenters. The molecule has 23 heavy (non-hydrogen) atoms. The molecule has 0 bridgehead atoms. The number of carboxylic acids is 1. The zero-order valence-electron chi connectivity index (χ0n) is 13.4. The van der Waals surface area contributed by atoms with Crippen LogP contribution >= 0.6 is 0 Å². The Labute approximate surface area is 134 Å². The van der Waals surface area contributed by atoms with Crippen molar-refractivity contribution in [1.29, 1.82) is 0 Å². The number of carboxylic acid groups (broad SMARTS) is 1. The number of aromatic nitrogens is 1. The number of nitrogens with one attached hydrogen (secondary N) is 1. The molecule has 6 nitrogen and oxygen atoms in total. The number of hydrogen-bond acceptors (Lipinski definition) is 4. The maximum atomic E-state index is 12.2. The molecule has 0 saturated heterocycles. The fourth-order valence-corrected chi connectivity index (χ4v) is 1.99.